The first-order valence-corrected chi connectivity index (χ1v) is 7.09. The second kappa shape index (κ2) is 5.20. The Morgan fingerprint density at radius 2 is 1.59 bits per heavy atom. The van der Waals surface area contributed by atoms with Crippen LogP contribution >= 0.6 is 11.6 Å². The van der Waals surface area contributed by atoms with Crippen molar-refractivity contribution in [2.75, 3.05) is 0 Å². The molecule has 2 heterocycles. The lowest BCUT2D eigenvalue weighted by Crippen LogP contribution is -1.98. The molecule has 0 spiro atoms. The minimum absolute atomic E-state index is 0.464. The fraction of sp³-hybridized carbons (Fsp3) is 0. The molecule has 5 nitrogen and oxygen atoms in total. The minimum Gasteiger partial charge on any atom is -0.208 e. The van der Waals surface area contributed by atoms with E-state index in [1.807, 2.05) is 54.6 Å². The van der Waals surface area contributed by atoms with E-state index in [1.54, 1.807) is 10.7 Å². The molecule has 4 aromatic rings. The van der Waals surface area contributed by atoms with Crippen molar-refractivity contribution in [1.82, 2.24) is 24.8 Å². The van der Waals surface area contributed by atoms with Crippen molar-refractivity contribution in [3.63, 3.8) is 0 Å². The van der Waals surface area contributed by atoms with Gasteiger partial charge in [0.25, 0.3) is 5.78 Å². The van der Waals surface area contributed by atoms with Gasteiger partial charge in [0.05, 0.1) is 11.9 Å². The second-order valence-electron chi connectivity index (χ2n) is 4.75. The van der Waals surface area contributed by atoms with Gasteiger partial charge in [-0.15, -0.1) is 10.2 Å². The number of aromatic nitrogens is 5. The summed E-state index contributed by atoms with van der Waals surface area (Å²) < 4.78 is 1.62. The number of nitrogens with zero attached hydrogens (tertiary/aromatic N) is 5. The summed E-state index contributed by atoms with van der Waals surface area (Å²) in [6, 6.07) is 17.2. The SMILES string of the molecule is Clc1ccc(-c2nnc3nc(-c4ccccc4)cnn23)cc1. The maximum atomic E-state index is 5.91. The molecule has 2 aromatic heterocycles. The van der Waals surface area contributed by atoms with Gasteiger partial charge >= 0.3 is 0 Å². The molecule has 0 N–H and O–H groups in total. The Balaban J connectivity index is 1.82. The van der Waals surface area contributed by atoms with Crippen molar-refractivity contribution < 1.29 is 0 Å². The van der Waals surface area contributed by atoms with E-state index in [0.29, 0.717) is 16.6 Å². The lowest BCUT2D eigenvalue weighted by atomic mass is 10.2. The first kappa shape index (κ1) is 12.9. The summed E-state index contributed by atoms with van der Waals surface area (Å²) in [6.07, 6.45) is 1.71. The van der Waals surface area contributed by atoms with Crippen molar-refractivity contribution >= 4 is 17.4 Å². The van der Waals surface area contributed by atoms with Crippen LogP contribution in [0.25, 0.3) is 28.4 Å². The van der Waals surface area contributed by atoms with Gasteiger partial charge in [-0.1, -0.05) is 41.9 Å². The first-order chi connectivity index (χ1) is 10.8. The lowest BCUT2D eigenvalue weighted by molar-refractivity contribution is 0.909. The fourth-order valence-corrected chi connectivity index (χ4v) is 2.35. The summed E-state index contributed by atoms with van der Waals surface area (Å²) in [6.45, 7) is 0. The molecular weight excluding hydrogens is 298 g/mol. The van der Waals surface area contributed by atoms with Crippen LogP contribution in [0.3, 0.4) is 0 Å². The summed E-state index contributed by atoms with van der Waals surface area (Å²) in [4.78, 5) is 4.51. The Hall–Kier alpha value is -2.79. The normalized spacial score (nSPS) is 11.0. The molecule has 0 unspecified atom stereocenters. The number of fused-ring (bicyclic) bond motifs is 1. The highest BCUT2D eigenvalue weighted by molar-refractivity contribution is 6.30. The maximum absolute atomic E-state index is 5.91. The summed E-state index contributed by atoms with van der Waals surface area (Å²) in [5.41, 5.74) is 2.65. The zero-order chi connectivity index (χ0) is 14.9. The van der Waals surface area contributed by atoms with Crippen molar-refractivity contribution in [2.24, 2.45) is 0 Å². The third-order valence-corrected chi connectivity index (χ3v) is 3.56. The maximum Gasteiger partial charge on any atom is 0.272 e. The highest BCUT2D eigenvalue weighted by Gasteiger charge is 2.11. The molecule has 0 saturated carbocycles. The first-order valence-electron chi connectivity index (χ1n) is 6.71. The van der Waals surface area contributed by atoms with Crippen LogP contribution in [-0.2, 0) is 0 Å². The molecule has 0 bridgehead atoms. The molecule has 0 atom stereocenters. The zero-order valence-corrected chi connectivity index (χ0v) is 12.1. The standard InChI is InChI=1S/C16H10ClN5/c17-13-8-6-12(7-9-13)15-20-21-16-19-14(10-18-22(15)16)11-4-2-1-3-5-11/h1-10H. The molecule has 0 saturated heterocycles. The highest BCUT2D eigenvalue weighted by Crippen LogP contribution is 2.21. The third-order valence-electron chi connectivity index (χ3n) is 3.31. The van der Waals surface area contributed by atoms with Crippen LogP contribution < -0.4 is 0 Å². The fourth-order valence-electron chi connectivity index (χ4n) is 2.22. The summed E-state index contributed by atoms with van der Waals surface area (Å²) in [5.74, 6) is 1.10. The van der Waals surface area contributed by atoms with Crippen molar-refractivity contribution in [2.45, 2.75) is 0 Å². The summed E-state index contributed by atoms with van der Waals surface area (Å²) in [7, 11) is 0. The second-order valence-corrected chi connectivity index (χ2v) is 5.19. The van der Waals surface area contributed by atoms with E-state index in [0.717, 1.165) is 16.8 Å². The number of hydrogen-bond acceptors (Lipinski definition) is 4. The molecular formula is C16H10ClN5. The Morgan fingerprint density at radius 3 is 2.36 bits per heavy atom. The van der Waals surface area contributed by atoms with Crippen LogP contribution in [-0.4, -0.2) is 24.8 Å². The Labute approximate surface area is 131 Å². The van der Waals surface area contributed by atoms with Crippen LogP contribution in [0.2, 0.25) is 5.02 Å². The van der Waals surface area contributed by atoms with Gasteiger partial charge in [0.2, 0.25) is 0 Å². The smallest absolute Gasteiger partial charge is 0.208 e. The van der Waals surface area contributed by atoms with Gasteiger partial charge in [0, 0.05) is 16.1 Å². The van der Waals surface area contributed by atoms with E-state index in [4.69, 9.17) is 11.6 Å². The van der Waals surface area contributed by atoms with E-state index in [1.165, 1.54) is 0 Å². The highest BCUT2D eigenvalue weighted by atomic mass is 35.5. The lowest BCUT2D eigenvalue weighted by Gasteiger charge is -2.01. The van der Waals surface area contributed by atoms with Gasteiger partial charge in [-0.2, -0.15) is 9.61 Å². The quantitative estimate of drug-likeness (QED) is 0.568. The number of benzene rings is 2. The van der Waals surface area contributed by atoms with Gasteiger partial charge in [-0.3, -0.25) is 0 Å². The largest absolute Gasteiger partial charge is 0.272 e. The van der Waals surface area contributed by atoms with Gasteiger partial charge in [0.1, 0.15) is 0 Å². The molecule has 0 radical (unpaired) electrons. The van der Waals surface area contributed by atoms with E-state index in [9.17, 15) is 0 Å². The molecule has 4 rings (SSSR count). The van der Waals surface area contributed by atoms with Gasteiger partial charge in [-0.25, -0.2) is 4.98 Å². The summed E-state index contributed by atoms with van der Waals surface area (Å²) in [5, 5.41) is 13.4. The minimum atomic E-state index is 0.464. The number of rotatable bonds is 2. The van der Waals surface area contributed by atoms with Crippen LogP contribution in [0.5, 0.6) is 0 Å². The molecule has 2 aromatic carbocycles. The van der Waals surface area contributed by atoms with Gasteiger partial charge in [0.15, 0.2) is 5.82 Å². The van der Waals surface area contributed by atoms with Crippen LogP contribution in [0.1, 0.15) is 0 Å². The Morgan fingerprint density at radius 1 is 0.818 bits per heavy atom. The van der Waals surface area contributed by atoms with Gasteiger partial charge < -0.3 is 0 Å². The average Bonchev–Trinajstić information content (AvgIpc) is 2.99. The van der Waals surface area contributed by atoms with Crippen LogP contribution in [0.15, 0.2) is 60.8 Å². The molecule has 0 amide bonds. The zero-order valence-electron chi connectivity index (χ0n) is 11.4. The predicted molar refractivity (Wildman–Crippen MR) is 84.5 cm³/mol. The Kier molecular flexibility index (Phi) is 3.05. The topological polar surface area (TPSA) is 56.0 Å². The van der Waals surface area contributed by atoms with Crippen molar-refractivity contribution in [3.05, 3.63) is 65.8 Å². The van der Waals surface area contributed by atoms with E-state index in [-0.39, 0.29) is 0 Å². The average molecular weight is 308 g/mol. The van der Waals surface area contributed by atoms with Gasteiger partial charge in [-0.05, 0) is 24.3 Å². The van der Waals surface area contributed by atoms with Crippen LogP contribution in [0.4, 0.5) is 0 Å². The molecule has 0 aliphatic rings. The monoisotopic (exact) mass is 307 g/mol. The summed E-state index contributed by atoms with van der Waals surface area (Å²) >= 11 is 5.91. The molecule has 0 fully saturated rings. The number of hydrogen-bond donors (Lipinski definition) is 0. The van der Waals surface area contributed by atoms with Crippen LogP contribution in [0, 0.1) is 0 Å². The molecule has 0 aliphatic carbocycles. The number of halogens is 1. The molecule has 6 heteroatoms. The van der Waals surface area contributed by atoms with E-state index < -0.39 is 0 Å². The van der Waals surface area contributed by atoms with E-state index in [2.05, 4.69) is 20.3 Å². The Bertz CT molecular complexity index is 932. The van der Waals surface area contributed by atoms with Crippen molar-refractivity contribution in [3.8, 4) is 22.6 Å². The molecule has 22 heavy (non-hydrogen) atoms. The third kappa shape index (κ3) is 2.21. The van der Waals surface area contributed by atoms with Crippen molar-refractivity contribution in [1.29, 1.82) is 0 Å². The molecule has 106 valence electrons. The predicted octanol–water partition coefficient (Wildman–Crippen LogP) is 3.51. The molecule has 0 aliphatic heterocycles. The van der Waals surface area contributed by atoms with E-state index >= 15 is 0 Å².